The molecular formula is C26H28N4O2. The molecule has 0 unspecified atom stereocenters. The highest BCUT2D eigenvalue weighted by molar-refractivity contribution is 5.93. The van der Waals surface area contributed by atoms with Gasteiger partial charge in [-0.05, 0) is 60.2 Å². The number of pyridine rings is 2. The van der Waals surface area contributed by atoms with Crippen LogP contribution in [0.4, 0.5) is 0 Å². The molecule has 0 bridgehead atoms. The summed E-state index contributed by atoms with van der Waals surface area (Å²) in [7, 11) is 3.58. The molecule has 1 saturated heterocycles. The fraction of sp³-hybridized carbons (Fsp3) is 0.308. The molecule has 32 heavy (non-hydrogen) atoms. The largest absolute Gasteiger partial charge is 0.348 e. The minimum Gasteiger partial charge on any atom is -0.348 e. The molecule has 1 aromatic carbocycles. The van der Waals surface area contributed by atoms with Crippen LogP contribution in [0.3, 0.4) is 0 Å². The Kier molecular flexibility index (Phi) is 6.30. The molecule has 1 atom stereocenters. The first kappa shape index (κ1) is 21.7. The summed E-state index contributed by atoms with van der Waals surface area (Å²) in [4.78, 5) is 38.2. The van der Waals surface area contributed by atoms with Crippen LogP contribution in [0.15, 0.2) is 73.2 Å². The Labute approximate surface area is 188 Å². The van der Waals surface area contributed by atoms with E-state index in [-0.39, 0.29) is 11.8 Å². The van der Waals surface area contributed by atoms with Gasteiger partial charge in [-0.25, -0.2) is 0 Å². The highest BCUT2D eigenvalue weighted by Gasteiger charge is 2.44. The van der Waals surface area contributed by atoms with E-state index >= 15 is 0 Å². The van der Waals surface area contributed by atoms with Crippen molar-refractivity contribution in [3.05, 3.63) is 84.4 Å². The smallest absolute Gasteiger partial charge is 0.272 e. The number of amides is 2. The van der Waals surface area contributed by atoms with E-state index in [1.54, 1.807) is 54.6 Å². The molecule has 164 valence electrons. The summed E-state index contributed by atoms with van der Waals surface area (Å²) in [6.07, 6.45) is 7.31. The lowest BCUT2D eigenvalue weighted by molar-refractivity contribution is -0.142. The Bertz CT molecular complexity index is 1070. The lowest BCUT2D eigenvalue weighted by Crippen LogP contribution is -2.54. The number of rotatable bonds is 5. The lowest BCUT2D eigenvalue weighted by atomic mass is 9.73. The Morgan fingerprint density at radius 1 is 0.969 bits per heavy atom. The fourth-order valence-electron chi connectivity index (χ4n) is 4.58. The van der Waals surface area contributed by atoms with Crippen LogP contribution >= 0.6 is 0 Å². The Morgan fingerprint density at radius 3 is 2.34 bits per heavy atom. The number of hydrogen-bond donors (Lipinski definition) is 0. The molecule has 0 radical (unpaired) electrons. The normalized spacial score (nSPS) is 18.2. The number of piperidine rings is 1. The van der Waals surface area contributed by atoms with Crippen molar-refractivity contribution in [3.8, 4) is 11.1 Å². The van der Waals surface area contributed by atoms with Gasteiger partial charge in [0.15, 0.2) is 0 Å². The van der Waals surface area contributed by atoms with E-state index in [2.05, 4.69) is 34.2 Å². The topological polar surface area (TPSA) is 66.4 Å². The van der Waals surface area contributed by atoms with E-state index in [0.717, 1.165) is 29.5 Å². The molecule has 2 amide bonds. The van der Waals surface area contributed by atoms with E-state index in [4.69, 9.17) is 0 Å². The van der Waals surface area contributed by atoms with Crippen LogP contribution in [0.5, 0.6) is 0 Å². The van der Waals surface area contributed by atoms with Crippen molar-refractivity contribution >= 4 is 11.8 Å². The molecule has 0 spiro atoms. The second-order valence-electron chi connectivity index (χ2n) is 8.63. The van der Waals surface area contributed by atoms with Gasteiger partial charge in [-0.2, -0.15) is 0 Å². The summed E-state index contributed by atoms with van der Waals surface area (Å²) in [6, 6.07) is 17.6. The first-order valence-corrected chi connectivity index (χ1v) is 10.9. The van der Waals surface area contributed by atoms with Crippen molar-refractivity contribution in [1.82, 2.24) is 19.8 Å². The van der Waals surface area contributed by atoms with Crippen LogP contribution in [0.25, 0.3) is 11.1 Å². The van der Waals surface area contributed by atoms with Crippen molar-refractivity contribution < 1.29 is 9.59 Å². The zero-order valence-electron chi connectivity index (χ0n) is 18.6. The van der Waals surface area contributed by atoms with Gasteiger partial charge in [0.05, 0.1) is 5.41 Å². The highest BCUT2D eigenvalue weighted by Crippen LogP contribution is 2.36. The predicted molar refractivity (Wildman–Crippen MR) is 124 cm³/mol. The van der Waals surface area contributed by atoms with Crippen LogP contribution < -0.4 is 0 Å². The van der Waals surface area contributed by atoms with Crippen LogP contribution in [0.1, 0.15) is 28.9 Å². The summed E-state index contributed by atoms with van der Waals surface area (Å²) >= 11 is 0. The van der Waals surface area contributed by atoms with Gasteiger partial charge in [0.2, 0.25) is 5.91 Å². The van der Waals surface area contributed by atoms with E-state index in [9.17, 15) is 9.59 Å². The van der Waals surface area contributed by atoms with Gasteiger partial charge in [-0.3, -0.25) is 19.6 Å². The highest BCUT2D eigenvalue weighted by atomic mass is 16.2. The molecule has 0 aliphatic carbocycles. The number of carbonyl (C=O) groups is 2. The van der Waals surface area contributed by atoms with E-state index in [0.29, 0.717) is 25.2 Å². The maximum Gasteiger partial charge on any atom is 0.272 e. The molecule has 1 aliphatic heterocycles. The van der Waals surface area contributed by atoms with Gasteiger partial charge in [-0.1, -0.05) is 30.3 Å². The number of carbonyl (C=O) groups excluding carboxylic acids is 2. The zero-order chi connectivity index (χ0) is 22.6. The number of nitrogens with zero attached hydrogens (tertiary/aromatic N) is 4. The van der Waals surface area contributed by atoms with Crippen molar-refractivity contribution in [3.63, 3.8) is 0 Å². The SMILES string of the molecule is CN(C)C(=O)[C@]1(Cc2ccc(-c3ccncc3)cc2)CCCN(C(=O)c2ccccn2)C1. The van der Waals surface area contributed by atoms with E-state index < -0.39 is 5.41 Å². The third-order valence-corrected chi connectivity index (χ3v) is 6.12. The number of hydrogen-bond acceptors (Lipinski definition) is 4. The molecule has 2 aromatic heterocycles. The number of aromatic nitrogens is 2. The molecule has 1 aliphatic rings. The van der Waals surface area contributed by atoms with Gasteiger partial charge in [0.1, 0.15) is 5.69 Å². The Hall–Kier alpha value is -3.54. The summed E-state index contributed by atoms with van der Waals surface area (Å²) < 4.78 is 0. The molecule has 0 saturated carbocycles. The van der Waals surface area contributed by atoms with E-state index in [1.165, 1.54) is 0 Å². The third-order valence-electron chi connectivity index (χ3n) is 6.12. The lowest BCUT2D eigenvalue weighted by Gasteiger charge is -2.43. The van der Waals surface area contributed by atoms with Crippen LogP contribution in [-0.4, -0.2) is 58.8 Å². The van der Waals surface area contributed by atoms with E-state index in [1.807, 2.05) is 18.2 Å². The van der Waals surface area contributed by atoms with Crippen LogP contribution in [0.2, 0.25) is 0 Å². The minimum absolute atomic E-state index is 0.0641. The zero-order valence-corrected chi connectivity index (χ0v) is 18.6. The molecule has 0 N–H and O–H groups in total. The van der Waals surface area contributed by atoms with Crippen molar-refractivity contribution in [2.24, 2.45) is 5.41 Å². The number of benzene rings is 1. The van der Waals surface area contributed by atoms with Crippen molar-refractivity contribution in [2.75, 3.05) is 27.2 Å². The van der Waals surface area contributed by atoms with Gasteiger partial charge >= 0.3 is 0 Å². The summed E-state index contributed by atoms with van der Waals surface area (Å²) in [5.41, 5.74) is 3.08. The van der Waals surface area contributed by atoms with Crippen molar-refractivity contribution in [1.29, 1.82) is 0 Å². The minimum atomic E-state index is -0.648. The summed E-state index contributed by atoms with van der Waals surface area (Å²) in [6.45, 7) is 1.03. The third kappa shape index (κ3) is 4.54. The molecule has 6 heteroatoms. The first-order chi connectivity index (χ1) is 15.5. The average Bonchev–Trinajstić information content (AvgIpc) is 2.84. The van der Waals surface area contributed by atoms with Crippen molar-refractivity contribution in [2.45, 2.75) is 19.3 Å². The summed E-state index contributed by atoms with van der Waals surface area (Å²) in [5.74, 6) is -0.0523. The van der Waals surface area contributed by atoms with Crippen LogP contribution in [0, 0.1) is 5.41 Å². The second-order valence-corrected chi connectivity index (χ2v) is 8.63. The molecule has 4 rings (SSSR count). The maximum absolute atomic E-state index is 13.4. The van der Waals surface area contributed by atoms with Gasteiger partial charge in [0, 0.05) is 45.8 Å². The monoisotopic (exact) mass is 428 g/mol. The molecule has 6 nitrogen and oxygen atoms in total. The standard InChI is InChI=1S/C26H28N4O2/c1-29(2)25(32)26(13-5-17-30(19-26)24(31)23-6-3-4-14-28-23)18-20-7-9-21(10-8-20)22-11-15-27-16-12-22/h3-4,6-12,14-16H,5,13,17-19H2,1-2H3/t26-/m0/s1. The van der Waals surface area contributed by atoms with Gasteiger partial charge in [-0.15, -0.1) is 0 Å². The second kappa shape index (κ2) is 9.30. The first-order valence-electron chi connectivity index (χ1n) is 10.9. The molecule has 1 fully saturated rings. The quantitative estimate of drug-likeness (QED) is 0.622. The molecule has 3 aromatic rings. The van der Waals surface area contributed by atoms with Crippen LogP contribution in [-0.2, 0) is 11.2 Å². The Balaban J connectivity index is 1.59. The predicted octanol–water partition coefficient (Wildman–Crippen LogP) is 3.70. The fourth-order valence-corrected chi connectivity index (χ4v) is 4.58. The molecular weight excluding hydrogens is 400 g/mol. The van der Waals surface area contributed by atoms with Gasteiger partial charge in [0.25, 0.3) is 5.91 Å². The average molecular weight is 429 g/mol. The Morgan fingerprint density at radius 2 is 1.69 bits per heavy atom. The molecule has 3 heterocycles. The summed E-state index contributed by atoms with van der Waals surface area (Å²) in [5, 5.41) is 0. The maximum atomic E-state index is 13.4. The van der Waals surface area contributed by atoms with Gasteiger partial charge < -0.3 is 9.80 Å². The number of likely N-dealkylation sites (tertiary alicyclic amines) is 1.